The summed E-state index contributed by atoms with van der Waals surface area (Å²) in [6.07, 6.45) is 1.27. The van der Waals surface area contributed by atoms with Crippen molar-refractivity contribution in [3.05, 3.63) is 34.5 Å². The molecule has 0 aliphatic carbocycles. The van der Waals surface area contributed by atoms with E-state index in [1.807, 2.05) is 6.07 Å². The van der Waals surface area contributed by atoms with Crippen LogP contribution in [0.5, 0.6) is 0 Å². The first-order valence-electron chi connectivity index (χ1n) is 7.34. The van der Waals surface area contributed by atoms with Crippen LogP contribution in [-0.2, 0) is 14.8 Å². The van der Waals surface area contributed by atoms with E-state index in [9.17, 15) is 13.2 Å². The predicted octanol–water partition coefficient (Wildman–Crippen LogP) is 2.72. The number of nitrogens with zero attached hydrogens (tertiary/aromatic N) is 2. The Labute approximate surface area is 148 Å². The third kappa shape index (κ3) is 3.37. The smallest absolute Gasteiger partial charge is 0.252 e. The van der Waals surface area contributed by atoms with Gasteiger partial charge in [0.1, 0.15) is 15.3 Å². The maximum atomic E-state index is 12.6. The molecule has 1 atom stereocenters. The molecule has 1 amide bonds. The molecule has 1 aliphatic heterocycles. The summed E-state index contributed by atoms with van der Waals surface area (Å²) in [5.74, 6) is -0.651. The molecule has 6 nitrogen and oxygen atoms in total. The Morgan fingerprint density at radius 1 is 1.33 bits per heavy atom. The Bertz CT molecular complexity index is 865. The molecule has 24 heavy (non-hydrogen) atoms. The molecule has 0 saturated carbocycles. The molecule has 9 heteroatoms. The number of carbonyl (C=O) groups is 1. The van der Waals surface area contributed by atoms with Crippen LogP contribution in [0.1, 0.15) is 18.4 Å². The van der Waals surface area contributed by atoms with Crippen LogP contribution >= 0.6 is 22.7 Å². The van der Waals surface area contributed by atoms with Gasteiger partial charge in [0.05, 0.1) is 11.5 Å². The van der Waals surface area contributed by atoms with Crippen molar-refractivity contribution in [3.8, 4) is 6.07 Å². The van der Waals surface area contributed by atoms with Crippen LogP contribution in [-0.4, -0.2) is 31.7 Å². The lowest BCUT2D eigenvalue weighted by Crippen LogP contribution is -2.43. The van der Waals surface area contributed by atoms with Gasteiger partial charge >= 0.3 is 0 Å². The highest BCUT2D eigenvalue weighted by molar-refractivity contribution is 7.91. The second kappa shape index (κ2) is 7.03. The molecule has 2 aromatic rings. The van der Waals surface area contributed by atoms with E-state index in [4.69, 9.17) is 5.26 Å². The first-order valence-corrected chi connectivity index (χ1v) is 10.5. The molecule has 2 aromatic heterocycles. The predicted molar refractivity (Wildman–Crippen MR) is 93.5 cm³/mol. The molecule has 0 unspecified atom stereocenters. The molecule has 0 spiro atoms. The topological polar surface area (TPSA) is 90.3 Å². The van der Waals surface area contributed by atoms with E-state index >= 15 is 0 Å². The number of rotatable bonds is 4. The molecule has 0 bridgehead atoms. The Kier molecular flexibility index (Phi) is 5.01. The number of thiophene rings is 2. The fraction of sp³-hybridized carbons (Fsp3) is 0.333. The average molecular weight is 382 g/mol. The zero-order valence-electron chi connectivity index (χ0n) is 12.6. The summed E-state index contributed by atoms with van der Waals surface area (Å²) < 4.78 is 26.9. The second-order valence-corrected chi connectivity index (χ2v) is 9.43. The van der Waals surface area contributed by atoms with Crippen molar-refractivity contribution in [1.82, 2.24) is 4.31 Å². The summed E-state index contributed by atoms with van der Waals surface area (Å²) in [7, 11) is -3.54. The van der Waals surface area contributed by atoms with Crippen molar-refractivity contribution in [2.75, 3.05) is 18.4 Å². The van der Waals surface area contributed by atoms with E-state index in [1.165, 1.54) is 27.0 Å². The maximum Gasteiger partial charge on any atom is 0.252 e. The fourth-order valence-electron chi connectivity index (χ4n) is 2.62. The van der Waals surface area contributed by atoms with E-state index in [0.717, 1.165) is 0 Å². The highest BCUT2D eigenvalue weighted by Crippen LogP contribution is 2.28. The molecular weight excluding hydrogens is 366 g/mol. The maximum absolute atomic E-state index is 12.6. The highest BCUT2D eigenvalue weighted by Gasteiger charge is 2.34. The van der Waals surface area contributed by atoms with E-state index in [2.05, 4.69) is 5.32 Å². The summed E-state index contributed by atoms with van der Waals surface area (Å²) in [5, 5.41) is 15.7. The lowest BCUT2D eigenvalue weighted by atomic mass is 9.99. The Morgan fingerprint density at radius 2 is 2.17 bits per heavy atom. The molecule has 0 aromatic carbocycles. The molecule has 1 saturated heterocycles. The number of piperidine rings is 1. The largest absolute Gasteiger partial charge is 0.316 e. The van der Waals surface area contributed by atoms with Crippen LogP contribution in [0, 0.1) is 17.2 Å². The van der Waals surface area contributed by atoms with Crippen LogP contribution in [0.2, 0.25) is 0 Å². The number of nitrogens with one attached hydrogen (secondary N) is 1. The average Bonchev–Trinajstić information content (AvgIpc) is 3.26. The van der Waals surface area contributed by atoms with Gasteiger partial charge in [-0.05, 0) is 35.7 Å². The Morgan fingerprint density at radius 3 is 2.88 bits per heavy atom. The van der Waals surface area contributed by atoms with E-state index in [-0.39, 0.29) is 12.5 Å². The van der Waals surface area contributed by atoms with Crippen molar-refractivity contribution in [2.45, 2.75) is 17.1 Å². The minimum Gasteiger partial charge on any atom is -0.316 e. The zero-order chi connectivity index (χ0) is 17.2. The van der Waals surface area contributed by atoms with Gasteiger partial charge in [-0.1, -0.05) is 6.07 Å². The second-order valence-electron chi connectivity index (χ2n) is 5.40. The van der Waals surface area contributed by atoms with Gasteiger partial charge in [0.15, 0.2) is 0 Å². The number of hydrogen-bond donors (Lipinski definition) is 1. The van der Waals surface area contributed by atoms with Gasteiger partial charge in [0.25, 0.3) is 10.0 Å². The van der Waals surface area contributed by atoms with Crippen LogP contribution in [0.25, 0.3) is 0 Å². The minimum atomic E-state index is -3.54. The molecule has 1 fully saturated rings. The van der Waals surface area contributed by atoms with Gasteiger partial charge in [-0.3, -0.25) is 4.79 Å². The lowest BCUT2D eigenvalue weighted by molar-refractivity contribution is -0.120. The van der Waals surface area contributed by atoms with Gasteiger partial charge in [0, 0.05) is 13.1 Å². The molecule has 3 heterocycles. The molecule has 3 rings (SSSR count). The van der Waals surface area contributed by atoms with Crippen LogP contribution in [0.15, 0.2) is 33.2 Å². The third-order valence-corrected chi connectivity index (χ3v) is 7.93. The summed E-state index contributed by atoms with van der Waals surface area (Å²) in [6.45, 7) is 0.589. The normalized spacial score (nSPS) is 18.9. The lowest BCUT2D eigenvalue weighted by Gasteiger charge is -2.30. The number of carbonyl (C=O) groups excluding carboxylic acids is 1. The molecule has 1 aliphatic rings. The SMILES string of the molecule is N#Cc1ccsc1NC(=O)[C@@H]1CCCN(S(=O)(=O)c2cccs2)C1. The van der Waals surface area contributed by atoms with E-state index < -0.39 is 15.9 Å². The third-order valence-electron chi connectivity index (χ3n) is 3.87. The van der Waals surface area contributed by atoms with Crippen LogP contribution in [0.3, 0.4) is 0 Å². The number of anilines is 1. The summed E-state index contributed by atoms with van der Waals surface area (Å²) in [5.41, 5.74) is 0.423. The molecule has 126 valence electrons. The quantitative estimate of drug-likeness (QED) is 0.882. The van der Waals surface area contributed by atoms with Gasteiger partial charge in [0.2, 0.25) is 5.91 Å². The Balaban J connectivity index is 1.72. The van der Waals surface area contributed by atoms with Gasteiger partial charge in [-0.15, -0.1) is 22.7 Å². The monoisotopic (exact) mass is 381 g/mol. The number of sulfonamides is 1. The molecular formula is C15H15N3O3S3. The van der Waals surface area contributed by atoms with Gasteiger partial charge in [-0.2, -0.15) is 9.57 Å². The van der Waals surface area contributed by atoms with E-state index in [1.54, 1.807) is 29.0 Å². The molecule has 0 radical (unpaired) electrons. The van der Waals surface area contributed by atoms with Crippen LogP contribution < -0.4 is 5.32 Å². The first kappa shape index (κ1) is 17.1. The van der Waals surface area contributed by atoms with Crippen molar-refractivity contribution < 1.29 is 13.2 Å². The van der Waals surface area contributed by atoms with Crippen molar-refractivity contribution in [2.24, 2.45) is 5.92 Å². The van der Waals surface area contributed by atoms with Gasteiger partial charge < -0.3 is 5.32 Å². The van der Waals surface area contributed by atoms with Crippen molar-refractivity contribution in [3.63, 3.8) is 0 Å². The van der Waals surface area contributed by atoms with Crippen LogP contribution in [0.4, 0.5) is 5.00 Å². The van der Waals surface area contributed by atoms with E-state index in [0.29, 0.717) is 34.2 Å². The number of amides is 1. The zero-order valence-corrected chi connectivity index (χ0v) is 15.1. The standard InChI is InChI=1S/C15H15N3O3S3/c16-9-11-5-8-23-15(11)17-14(19)12-3-1-6-18(10-12)24(20,21)13-4-2-7-22-13/h2,4-5,7-8,12H,1,3,6,10H2,(H,17,19)/t12-/m1/s1. The summed E-state index contributed by atoms with van der Waals surface area (Å²) in [6, 6.07) is 6.95. The Hall–Kier alpha value is -1.73. The highest BCUT2D eigenvalue weighted by atomic mass is 32.2. The fourth-order valence-corrected chi connectivity index (χ4v) is 6.03. The summed E-state index contributed by atoms with van der Waals surface area (Å²) >= 11 is 2.46. The van der Waals surface area contributed by atoms with Gasteiger partial charge in [-0.25, -0.2) is 8.42 Å². The molecule has 1 N–H and O–H groups in total. The minimum absolute atomic E-state index is 0.166. The summed E-state index contributed by atoms with van der Waals surface area (Å²) in [4.78, 5) is 12.5. The number of nitriles is 1. The number of hydrogen-bond acceptors (Lipinski definition) is 6. The first-order chi connectivity index (χ1) is 11.5. The van der Waals surface area contributed by atoms with Crippen molar-refractivity contribution in [1.29, 1.82) is 5.26 Å². The van der Waals surface area contributed by atoms with Crippen molar-refractivity contribution >= 4 is 43.6 Å².